The molecule has 0 saturated carbocycles. The summed E-state index contributed by atoms with van der Waals surface area (Å²) in [5.41, 5.74) is -0.511. The van der Waals surface area contributed by atoms with Crippen LogP contribution in [0.4, 0.5) is 0 Å². The summed E-state index contributed by atoms with van der Waals surface area (Å²) >= 11 is 0. The van der Waals surface area contributed by atoms with E-state index >= 15 is 0 Å². The number of rotatable bonds is 7. The predicted octanol–water partition coefficient (Wildman–Crippen LogP) is 6.28. The van der Waals surface area contributed by atoms with E-state index < -0.39 is 42.2 Å². The van der Waals surface area contributed by atoms with E-state index in [4.69, 9.17) is 24.1 Å². The second-order valence-electron chi connectivity index (χ2n) is 9.48. The highest BCUT2D eigenvalue weighted by molar-refractivity contribution is 6.11. The van der Waals surface area contributed by atoms with Gasteiger partial charge in [0.05, 0.1) is 26.4 Å². The summed E-state index contributed by atoms with van der Waals surface area (Å²) < 4.78 is 75.5. The SMILES string of the molecule is [2H]C1([2H])CCCC([2H])([2H])N1C([2H])([2H])c1c(O)cc(C(C)(C)C)c2oc(-c3ccc(OC)cc3OC)c(C(=O)OCC)c12. The molecule has 1 aromatic heterocycles. The maximum absolute atomic E-state index is 13.7. The molecule has 7 heteroatoms. The van der Waals surface area contributed by atoms with Gasteiger partial charge in [-0.25, -0.2) is 4.79 Å². The van der Waals surface area contributed by atoms with Crippen LogP contribution in [0.3, 0.4) is 0 Å². The van der Waals surface area contributed by atoms with Crippen LogP contribution in [-0.4, -0.2) is 49.8 Å². The molecule has 1 aliphatic heterocycles. The number of furan rings is 1. The Morgan fingerprint density at radius 1 is 1.17 bits per heavy atom. The van der Waals surface area contributed by atoms with Gasteiger partial charge in [0.15, 0.2) is 5.76 Å². The van der Waals surface area contributed by atoms with Crippen LogP contribution in [0.2, 0.25) is 0 Å². The zero-order valence-corrected chi connectivity index (χ0v) is 21.6. The number of phenolic OH excluding ortho intramolecular Hbond substituents is 1. The van der Waals surface area contributed by atoms with Gasteiger partial charge in [0, 0.05) is 37.3 Å². The first-order valence-corrected chi connectivity index (χ1v) is 12.0. The highest BCUT2D eigenvalue weighted by atomic mass is 16.5. The lowest BCUT2D eigenvalue weighted by atomic mass is 9.84. The van der Waals surface area contributed by atoms with Gasteiger partial charge in [-0.1, -0.05) is 27.2 Å². The number of aromatic hydroxyl groups is 1. The minimum Gasteiger partial charge on any atom is -0.508 e. The third-order valence-electron chi connectivity index (χ3n) is 6.00. The number of fused-ring (bicyclic) bond motifs is 1. The van der Waals surface area contributed by atoms with Gasteiger partial charge in [-0.3, -0.25) is 4.90 Å². The number of methoxy groups -OCH3 is 2. The summed E-state index contributed by atoms with van der Waals surface area (Å²) in [6.07, 6.45) is -0.0427. The van der Waals surface area contributed by atoms with Crippen LogP contribution < -0.4 is 9.47 Å². The average Bonchev–Trinajstić information content (AvgIpc) is 3.25. The maximum atomic E-state index is 13.7. The van der Waals surface area contributed by atoms with E-state index in [1.54, 1.807) is 25.1 Å². The quantitative estimate of drug-likeness (QED) is 0.381. The van der Waals surface area contributed by atoms with E-state index in [0.717, 1.165) is 0 Å². The first-order valence-electron chi connectivity index (χ1n) is 15.0. The Labute approximate surface area is 221 Å². The van der Waals surface area contributed by atoms with Crippen molar-refractivity contribution in [1.29, 1.82) is 0 Å². The third-order valence-corrected chi connectivity index (χ3v) is 6.00. The molecule has 194 valence electrons. The summed E-state index contributed by atoms with van der Waals surface area (Å²) in [7, 11) is 2.92. The second kappa shape index (κ2) is 10.4. The van der Waals surface area contributed by atoms with Gasteiger partial charge in [-0.2, -0.15) is 0 Å². The Bertz CT molecular complexity index is 1490. The lowest BCUT2D eigenvalue weighted by Crippen LogP contribution is -2.29. The number of carbonyl (C=O) groups is 1. The number of benzene rings is 2. The second-order valence-corrected chi connectivity index (χ2v) is 9.48. The number of carbonyl (C=O) groups excluding carboxylic acids is 1. The van der Waals surface area contributed by atoms with Crippen LogP contribution in [0.5, 0.6) is 17.2 Å². The Kier molecular flexibility index (Phi) is 5.50. The molecule has 2 heterocycles. The number of piperidine rings is 1. The lowest BCUT2D eigenvalue weighted by molar-refractivity contribution is 0.0528. The van der Waals surface area contributed by atoms with Crippen molar-refractivity contribution in [3.63, 3.8) is 0 Å². The first-order chi connectivity index (χ1) is 19.4. The Balaban J connectivity index is 2.22. The van der Waals surface area contributed by atoms with Gasteiger partial charge >= 0.3 is 5.97 Å². The summed E-state index contributed by atoms with van der Waals surface area (Å²) in [5.74, 6) is -0.691. The van der Waals surface area contributed by atoms with E-state index in [9.17, 15) is 12.6 Å². The predicted molar refractivity (Wildman–Crippen MR) is 140 cm³/mol. The monoisotopic (exact) mass is 501 g/mol. The maximum Gasteiger partial charge on any atom is 0.342 e. The van der Waals surface area contributed by atoms with Crippen molar-refractivity contribution < 1.29 is 36.8 Å². The van der Waals surface area contributed by atoms with Crippen molar-refractivity contribution >= 4 is 16.9 Å². The standard InChI is InChI=1S/C29H37NO6/c1-7-35-28(32)25-24-20(17-30-13-9-8-10-14-30)22(31)16-21(29(2,3)4)27(24)36-26(25)19-12-11-18(33-5)15-23(19)34-6/h11-12,15-16,31H,7-10,13-14,17H2,1-6H3/i13D2,14D2,17D2. The molecular weight excluding hydrogens is 458 g/mol. The van der Waals surface area contributed by atoms with Crippen molar-refractivity contribution in [3.05, 3.63) is 41.0 Å². The molecule has 1 fully saturated rings. The van der Waals surface area contributed by atoms with Crippen LogP contribution in [0.15, 0.2) is 28.7 Å². The topological polar surface area (TPSA) is 81.4 Å². The van der Waals surface area contributed by atoms with Crippen molar-refractivity contribution in [3.8, 4) is 28.6 Å². The summed E-state index contributed by atoms with van der Waals surface area (Å²) in [6.45, 7) is -0.603. The van der Waals surface area contributed by atoms with E-state index in [-0.39, 0.29) is 53.9 Å². The van der Waals surface area contributed by atoms with Crippen molar-refractivity contribution in [2.75, 3.05) is 33.8 Å². The Morgan fingerprint density at radius 2 is 1.89 bits per heavy atom. The van der Waals surface area contributed by atoms with Crippen molar-refractivity contribution in [2.45, 2.75) is 58.9 Å². The Morgan fingerprint density at radius 3 is 2.50 bits per heavy atom. The molecule has 0 amide bonds. The van der Waals surface area contributed by atoms with Crippen LogP contribution in [0.25, 0.3) is 22.3 Å². The number of hydrogen-bond donors (Lipinski definition) is 1. The van der Waals surface area contributed by atoms with Crippen LogP contribution in [0.1, 0.15) is 76.7 Å². The van der Waals surface area contributed by atoms with Gasteiger partial charge in [0.2, 0.25) is 0 Å². The molecular formula is C29H37NO6. The average molecular weight is 502 g/mol. The highest BCUT2D eigenvalue weighted by Gasteiger charge is 2.33. The minimum absolute atomic E-state index is 0.0132. The van der Waals surface area contributed by atoms with E-state index in [1.165, 1.54) is 20.3 Å². The third kappa shape index (κ3) is 4.89. The minimum atomic E-state index is -2.95. The molecule has 4 rings (SSSR count). The first kappa shape index (κ1) is 19.0. The highest BCUT2D eigenvalue weighted by Crippen LogP contribution is 2.46. The fourth-order valence-electron chi connectivity index (χ4n) is 4.22. The largest absolute Gasteiger partial charge is 0.508 e. The fraction of sp³-hybridized carbons (Fsp3) is 0.483. The van der Waals surface area contributed by atoms with E-state index in [0.29, 0.717) is 21.8 Å². The van der Waals surface area contributed by atoms with Gasteiger partial charge in [0.1, 0.15) is 28.4 Å². The summed E-state index contributed by atoms with van der Waals surface area (Å²) in [4.78, 5) is 14.2. The summed E-state index contributed by atoms with van der Waals surface area (Å²) in [6, 6.07) is 6.18. The smallest absolute Gasteiger partial charge is 0.342 e. The molecule has 3 aromatic rings. The van der Waals surface area contributed by atoms with Gasteiger partial charge < -0.3 is 23.7 Å². The molecule has 0 spiro atoms. The lowest BCUT2D eigenvalue weighted by Gasteiger charge is -2.28. The van der Waals surface area contributed by atoms with Crippen molar-refractivity contribution in [2.24, 2.45) is 0 Å². The molecule has 0 aliphatic carbocycles. The van der Waals surface area contributed by atoms with Gasteiger partial charge in [-0.15, -0.1) is 0 Å². The zero-order valence-electron chi connectivity index (χ0n) is 27.6. The molecule has 7 nitrogen and oxygen atoms in total. The van der Waals surface area contributed by atoms with Crippen molar-refractivity contribution in [1.82, 2.24) is 4.90 Å². The van der Waals surface area contributed by atoms with Crippen LogP contribution in [0, 0.1) is 0 Å². The molecule has 1 aliphatic rings. The van der Waals surface area contributed by atoms with E-state index in [2.05, 4.69) is 0 Å². The fourth-order valence-corrected chi connectivity index (χ4v) is 4.22. The zero-order chi connectivity index (χ0) is 31.4. The summed E-state index contributed by atoms with van der Waals surface area (Å²) in [5, 5.41) is 11.4. The van der Waals surface area contributed by atoms with Gasteiger partial charge in [-0.05, 0) is 56.4 Å². The molecule has 1 N–H and O–H groups in total. The molecule has 0 bridgehead atoms. The molecule has 0 atom stereocenters. The van der Waals surface area contributed by atoms with E-state index in [1.807, 2.05) is 20.8 Å². The number of likely N-dealkylation sites (tertiary alicyclic amines) is 1. The molecule has 2 aromatic carbocycles. The van der Waals surface area contributed by atoms with Gasteiger partial charge in [0.25, 0.3) is 0 Å². The number of ether oxygens (including phenoxy) is 3. The Hall–Kier alpha value is -3.19. The molecule has 0 unspecified atom stereocenters. The van der Waals surface area contributed by atoms with Crippen LogP contribution in [-0.2, 0) is 16.6 Å². The number of nitrogens with zero attached hydrogens (tertiary/aromatic N) is 1. The molecule has 36 heavy (non-hydrogen) atoms. The number of esters is 1. The van der Waals surface area contributed by atoms with Crippen LogP contribution >= 0.6 is 0 Å². The number of phenols is 1. The number of hydrogen-bond acceptors (Lipinski definition) is 7. The molecule has 0 radical (unpaired) electrons. The normalized spacial score (nSPS) is 20.4. The molecule has 1 saturated heterocycles.